The van der Waals surface area contributed by atoms with E-state index >= 15 is 0 Å². The van der Waals surface area contributed by atoms with Gasteiger partial charge >= 0.3 is 12.2 Å². The van der Waals surface area contributed by atoms with Crippen molar-refractivity contribution in [3.05, 3.63) is 46.8 Å². The van der Waals surface area contributed by atoms with Crippen LogP contribution in [0.25, 0.3) is 5.69 Å². The number of aromatic nitrogens is 2. The van der Waals surface area contributed by atoms with E-state index in [1.54, 1.807) is 16.7 Å². The standard InChI is InChI=1S/C23H28F3N5O3/c1-5-28(6-2)22(34)30-12-10-29(11-13-30)21(33)20(32)19-15(3)27-31(16(19)4)18-9-7-8-17(14-18)23(24,25)26/h7-9,14H,5-6,10-13H2,1-4H3. The third-order valence-corrected chi connectivity index (χ3v) is 6.00. The van der Waals surface area contributed by atoms with Crippen molar-refractivity contribution >= 4 is 17.7 Å². The molecule has 1 aliphatic heterocycles. The Kier molecular flexibility index (Phi) is 7.32. The Morgan fingerprint density at radius 2 is 1.59 bits per heavy atom. The number of halogens is 3. The number of urea groups is 1. The molecule has 34 heavy (non-hydrogen) atoms. The molecule has 184 valence electrons. The molecule has 8 nitrogen and oxygen atoms in total. The first-order chi connectivity index (χ1) is 16.0. The van der Waals surface area contributed by atoms with Crippen LogP contribution >= 0.6 is 0 Å². The number of hydrogen-bond donors (Lipinski definition) is 0. The van der Waals surface area contributed by atoms with Crippen LogP contribution in [0.1, 0.15) is 41.2 Å². The van der Waals surface area contributed by atoms with E-state index in [0.717, 1.165) is 12.1 Å². The van der Waals surface area contributed by atoms with Gasteiger partial charge in [-0.15, -0.1) is 0 Å². The minimum Gasteiger partial charge on any atom is -0.332 e. The molecule has 2 aromatic rings. The summed E-state index contributed by atoms with van der Waals surface area (Å²) in [7, 11) is 0. The molecule has 11 heteroatoms. The molecule has 0 aliphatic carbocycles. The van der Waals surface area contributed by atoms with E-state index in [1.807, 2.05) is 13.8 Å². The molecule has 0 saturated carbocycles. The van der Waals surface area contributed by atoms with Crippen LogP contribution in [0.3, 0.4) is 0 Å². The van der Waals surface area contributed by atoms with Gasteiger partial charge in [0.1, 0.15) is 0 Å². The van der Waals surface area contributed by atoms with Gasteiger partial charge < -0.3 is 14.7 Å². The first-order valence-electron chi connectivity index (χ1n) is 11.1. The first-order valence-corrected chi connectivity index (χ1v) is 11.1. The van der Waals surface area contributed by atoms with Gasteiger partial charge in [0.05, 0.1) is 28.2 Å². The van der Waals surface area contributed by atoms with Crippen LogP contribution in [-0.4, -0.2) is 81.5 Å². The maximum absolute atomic E-state index is 13.1. The summed E-state index contributed by atoms with van der Waals surface area (Å²) in [5.41, 5.74) is -0.0812. The summed E-state index contributed by atoms with van der Waals surface area (Å²) in [5.74, 6) is -1.48. The summed E-state index contributed by atoms with van der Waals surface area (Å²) >= 11 is 0. The number of Topliss-reactive ketones (excluding diaryl/α,β-unsaturated/α-hetero) is 1. The van der Waals surface area contributed by atoms with Gasteiger partial charge in [0.25, 0.3) is 11.7 Å². The Morgan fingerprint density at radius 3 is 2.15 bits per heavy atom. The summed E-state index contributed by atoms with van der Waals surface area (Å²) in [6, 6.07) is 4.52. The Morgan fingerprint density at radius 1 is 1.00 bits per heavy atom. The lowest BCUT2D eigenvalue weighted by atomic mass is 10.1. The van der Waals surface area contributed by atoms with Crippen LogP contribution in [0.15, 0.2) is 24.3 Å². The molecule has 1 fully saturated rings. The average Bonchev–Trinajstić information content (AvgIpc) is 3.12. The zero-order valence-corrected chi connectivity index (χ0v) is 19.6. The number of nitrogens with zero attached hydrogens (tertiary/aromatic N) is 5. The molecule has 0 radical (unpaired) electrons. The molecule has 0 atom stereocenters. The summed E-state index contributed by atoms with van der Waals surface area (Å²) < 4.78 is 40.6. The van der Waals surface area contributed by atoms with Gasteiger partial charge in [0.2, 0.25) is 0 Å². The molecule has 1 aromatic carbocycles. The second-order valence-corrected chi connectivity index (χ2v) is 8.07. The highest BCUT2D eigenvalue weighted by molar-refractivity contribution is 6.43. The fourth-order valence-corrected chi connectivity index (χ4v) is 4.08. The van der Waals surface area contributed by atoms with Crippen LogP contribution in [0.4, 0.5) is 18.0 Å². The first kappa shape index (κ1) is 25.3. The van der Waals surface area contributed by atoms with Crippen molar-refractivity contribution in [1.29, 1.82) is 0 Å². The second kappa shape index (κ2) is 9.86. The van der Waals surface area contributed by atoms with E-state index < -0.39 is 23.4 Å². The number of hydrogen-bond acceptors (Lipinski definition) is 4. The van der Waals surface area contributed by atoms with Crippen LogP contribution in [0.2, 0.25) is 0 Å². The lowest BCUT2D eigenvalue weighted by Gasteiger charge is -2.36. The number of aryl methyl sites for hydroxylation is 1. The lowest BCUT2D eigenvalue weighted by molar-refractivity contribution is -0.137. The van der Waals surface area contributed by atoms with Crippen molar-refractivity contribution in [3.8, 4) is 5.69 Å². The van der Waals surface area contributed by atoms with Gasteiger partial charge in [0.15, 0.2) is 0 Å². The maximum atomic E-state index is 13.1. The lowest BCUT2D eigenvalue weighted by Crippen LogP contribution is -2.55. The Bertz CT molecular complexity index is 1080. The molecule has 0 N–H and O–H groups in total. The van der Waals surface area contributed by atoms with E-state index in [2.05, 4.69) is 5.10 Å². The zero-order valence-electron chi connectivity index (χ0n) is 19.6. The predicted octanol–water partition coefficient (Wildman–Crippen LogP) is 3.30. The summed E-state index contributed by atoms with van der Waals surface area (Å²) in [5, 5.41) is 4.22. The molecule has 0 unspecified atom stereocenters. The molecule has 1 aliphatic rings. The molecule has 1 saturated heterocycles. The highest BCUT2D eigenvalue weighted by Crippen LogP contribution is 2.31. The van der Waals surface area contributed by atoms with Gasteiger partial charge in [0, 0.05) is 39.3 Å². The highest BCUT2D eigenvalue weighted by Gasteiger charge is 2.33. The Labute approximate surface area is 195 Å². The average molecular weight is 480 g/mol. The van der Waals surface area contributed by atoms with Gasteiger partial charge in [-0.3, -0.25) is 9.59 Å². The van der Waals surface area contributed by atoms with Gasteiger partial charge in [-0.05, 0) is 45.9 Å². The fraction of sp³-hybridized carbons (Fsp3) is 0.478. The van der Waals surface area contributed by atoms with Crippen molar-refractivity contribution in [2.45, 2.75) is 33.9 Å². The quantitative estimate of drug-likeness (QED) is 0.487. The minimum absolute atomic E-state index is 0.0732. The maximum Gasteiger partial charge on any atom is 0.416 e. The third kappa shape index (κ3) is 4.92. The highest BCUT2D eigenvalue weighted by atomic mass is 19.4. The van der Waals surface area contributed by atoms with Gasteiger partial charge in [-0.2, -0.15) is 18.3 Å². The summed E-state index contributed by atoms with van der Waals surface area (Å²) in [6.07, 6.45) is -4.52. The van der Waals surface area contributed by atoms with E-state index in [1.165, 1.54) is 28.6 Å². The predicted molar refractivity (Wildman–Crippen MR) is 119 cm³/mol. The second-order valence-electron chi connectivity index (χ2n) is 8.07. The Balaban J connectivity index is 1.77. The number of amides is 3. The SMILES string of the molecule is CCN(CC)C(=O)N1CCN(C(=O)C(=O)c2c(C)nn(-c3cccc(C(F)(F)F)c3)c2C)CC1. The molecule has 3 amide bonds. The van der Waals surface area contributed by atoms with Crippen LogP contribution in [0.5, 0.6) is 0 Å². The van der Waals surface area contributed by atoms with Crippen LogP contribution in [0, 0.1) is 13.8 Å². The van der Waals surface area contributed by atoms with E-state index in [-0.39, 0.29) is 41.8 Å². The van der Waals surface area contributed by atoms with Crippen molar-refractivity contribution in [3.63, 3.8) is 0 Å². The number of ketones is 1. The Hall–Kier alpha value is -3.37. The molecule has 1 aromatic heterocycles. The van der Waals surface area contributed by atoms with Crippen molar-refractivity contribution < 1.29 is 27.6 Å². The normalized spacial score (nSPS) is 14.3. The molecular weight excluding hydrogens is 451 g/mol. The van der Waals surface area contributed by atoms with Crippen molar-refractivity contribution in [2.75, 3.05) is 39.3 Å². The smallest absolute Gasteiger partial charge is 0.332 e. The number of carbonyl (C=O) groups is 3. The third-order valence-electron chi connectivity index (χ3n) is 6.00. The number of alkyl halides is 3. The zero-order chi connectivity index (χ0) is 25.2. The van der Waals surface area contributed by atoms with E-state index in [9.17, 15) is 27.6 Å². The van der Waals surface area contributed by atoms with Crippen LogP contribution < -0.4 is 0 Å². The summed E-state index contributed by atoms with van der Waals surface area (Å²) in [6.45, 7) is 9.11. The number of rotatable bonds is 5. The molecule has 3 rings (SSSR count). The number of carbonyl (C=O) groups excluding carboxylic acids is 3. The summed E-state index contributed by atoms with van der Waals surface area (Å²) in [4.78, 5) is 43.2. The van der Waals surface area contributed by atoms with Gasteiger partial charge in [-0.25, -0.2) is 9.48 Å². The molecule has 0 spiro atoms. The topological polar surface area (TPSA) is 78.8 Å². The van der Waals surface area contributed by atoms with E-state index in [0.29, 0.717) is 26.2 Å². The number of benzene rings is 1. The van der Waals surface area contributed by atoms with Crippen molar-refractivity contribution in [1.82, 2.24) is 24.5 Å². The number of piperazine rings is 1. The molecule has 2 heterocycles. The van der Waals surface area contributed by atoms with Gasteiger partial charge in [-0.1, -0.05) is 6.07 Å². The van der Waals surface area contributed by atoms with Crippen molar-refractivity contribution in [2.24, 2.45) is 0 Å². The fourth-order valence-electron chi connectivity index (χ4n) is 4.08. The van der Waals surface area contributed by atoms with Crippen LogP contribution in [-0.2, 0) is 11.0 Å². The largest absolute Gasteiger partial charge is 0.416 e. The molecular formula is C23H28F3N5O3. The minimum atomic E-state index is -4.52. The van der Waals surface area contributed by atoms with E-state index in [4.69, 9.17) is 0 Å². The monoisotopic (exact) mass is 479 g/mol. The molecule has 0 bridgehead atoms.